The van der Waals surface area contributed by atoms with E-state index in [1.54, 1.807) is 11.8 Å². The van der Waals surface area contributed by atoms with Crippen LogP contribution < -0.4 is 5.73 Å². The molecule has 3 N–H and O–H groups in total. The minimum absolute atomic E-state index is 0.276. The third-order valence-electron chi connectivity index (χ3n) is 1.93. The number of nitrogens with two attached hydrogens (primary N) is 1. The Labute approximate surface area is 99.7 Å². The van der Waals surface area contributed by atoms with Crippen LogP contribution >= 0.6 is 23.4 Å². The lowest BCUT2D eigenvalue weighted by Crippen LogP contribution is -2.08. The van der Waals surface area contributed by atoms with Gasteiger partial charge >= 0.3 is 0 Å². The predicted molar refractivity (Wildman–Crippen MR) is 67.9 cm³/mol. The molecule has 15 heavy (non-hydrogen) atoms. The van der Waals surface area contributed by atoms with Crippen LogP contribution in [0.25, 0.3) is 0 Å². The van der Waals surface area contributed by atoms with E-state index in [1.807, 2.05) is 24.3 Å². The Hall–Kier alpha value is -0.670. The van der Waals surface area contributed by atoms with E-state index < -0.39 is 0 Å². The van der Waals surface area contributed by atoms with Crippen molar-refractivity contribution in [3.8, 4) is 0 Å². The van der Waals surface area contributed by atoms with Gasteiger partial charge in [-0.3, -0.25) is 5.41 Å². The van der Waals surface area contributed by atoms with E-state index in [-0.39, 0.29) is 5.84 Å². The molecule has 0 atom stereocenters. The second kappa shape index (κ2) is 6.75. The maximum atomic E-state index is 7.08. The van der Waals surface area contributed by atoms with Crippen LogP contribution in [0.3, 0.4) is 0 Å². The third-order valence-corrected chi connectivity index (χ3v) is 3.54. The average molecular weight is 243 g/mol. The molecular weight excluding hydrogens is 228 g/mol. The summed E-state index contributed by atoms with van der Waals surface area (Å²) in [6.45, 7) is 0. The van der Waals surface area contributed by atoms with Crippen LogP contribution in [0.5, 0.6) is 0 Å². The zero-order valence-electron chi connectivity index (χ0n) is 8.50. The van der Waals surface area contributed by atoms with Crippen LogP contribution in [-0.4, -0.2) is 11.6 Å². The van der Waals surface area contributed by atoms with Crippen molar-refractivity contribution in [2.24, 2.45) is 5.73 Å². The summed E-state index contributed by atoms with van der Waals surface area (Å²) in [6.07, 6.45) is 2.74. The van der Waals surface area contributed by atoms with Crippen LogP contribution in [0, 0.1) is 5.41 Å². The van der Waals surface area contributed by atoms with Crippen molar-refractivity contribution in [2.75, 3.05) is 5.75 Å². The van der Waals surface area contributed by atoms with Crippen molar-refractivity contribution in [2.45, 2.75) is 24.2 Å². The Bertz CT molecular complexity index is 328. The smallest absolute Gasteiger partial charge is 0.0905 e. The molecule has 1 rings (SSSR count). The van der Waals surface area contributed by atoms with E-state index in [2.05, 4.69) is 0 Å². The summed E-state index contributed by atoms with van der Waals surface area (Å²) in [5, 5.41) is 7.89. The number of amidine groups is 1. The number of unbranched alkanes of at least 4 members (excludes halogenated alkanes) is 1. The molecule has 0 aliphatic rings. The SMILES string of the molecule is N=C(N)CCCCSc1ccccc1Cl. The molecule has 0 aliphatic heterocycles. The van der Waals surface area contributed by atoms with E-state index >= 15 is 0 Å². The summed E-state index contributed by atoms with van der Waals surface area (Å²) in [5.74, 6) is 1.30. The first kappa shape index (κ1) is 12.4. The summed E-state index contributed by atoms with van der Waals surface area (Å²) in [6, 6.07) is 7.85. The lowest BCUT2D eigenvalue weighted by atomic mass is 10.2. The third kappa shape index (κ3) is 5.09. The molecule has 0 spiro atoms. The van der Waals surface area contributed by atoms with Crippen molar-refractivity contribution in [3.05, 3.63) is 29.3 Å². The zero-order valence-corrected chi connectivity index (χ0v) is 10.1. The Morgan fingerprint density at radius 3 is 2.73 bits per heavy atom. The molecule has 0 amide bonds. The van der Waals surface area contributed by atoms with Crippen molar-refractivity contribution < 1.29 is 0 Å². The highest BCUT2D eigenvalue weighted by molar-refractivity contribution is 7.99. The summed E-state index contributed by atoms with van der Waals surface area (Å²) < 4.78 is 0. The Kier molecular flexibility index (Phi) is 5.58. The topological polar surface area (TPSA) is 49.9 Å². The Balaban J connectivity index is 2.21. The lowest BCUT2D eigenvalue weighted by molar-refractivity contribution is 0.837. The first-order valence-electron chi connectivity index (χ1n) is 4.90. The number of hydrogen-bond donors (Lipinski definition) is 2. The normalized spacial score (nSPS) is 10.2. The van der Waals surface area contributed by atoms with E-state index in [1.165, 1.54) is 0 Å². The number of benzene rings is 1. The maximum absolute atomic E-state index is 7.08. The molecule has 1 aromatic rings. The van der Waals surface area contributed by atoms with Gasteiger partial charge in [0, 0.05) is 11.3 Å². The number of rotatable bonds is 6. The molecule has 4 heteroatoms. The quantitative estimate of drug-likeness (QED) is 0.347. The summed E-state index contributed by atoms with van der Waals surface area (Å²) in [5.41, 5.74) is 5.27. The molecular formula is C11H15ClN2S. The minimum Gasteiger partial charge on any atom is -0.388 e. The van der Waals surface area contributed by atoms with Crippen LogP contribution in [0.1, 0.15) is 19.3 Å². The Morgan fingerprint density at radius 1 is 1.33 bits per heavy atom. The summed E-state index contributed by atoms with van der Waals surface area (Å²) in [4.78, 5) is 1.13. The van der Waals surface area contributed by atoms with Crippen LogP contribution in [0.4, 0.5) is 0 Å². The number of nitrogens with one attached hydrogen (secondary N) is 1. The van der Waals surface area contributed by atoms with E-state index in [0.29, 0.717) is 6.42 Å². The fraction of sp³-hybridized carbons (Fsp3) is 0.364. The molecule has 0 radical (unpaired) electrons. The molecule has 0 aromatic heterocycles. The van der Waals surface area contributed by atoms with E-state index in [0.717, 1.165) is 28.5 Å². The first-order chi connectivity index (χ1) is 7.20. The highest BCUT2D eigenvalue weighted by atomic mass is 35.5. The molecule has 0 saturated heterocycles. The van der Waals surface area contributed by atoms with Crippen LogP contribution in [0.15, 0.2) is 29.2 Å². The molecule has 0 saturated carbocycles. The van der Waals surface area contributed by atoms with E-state index in [9.17, 15) is 0 Å². The maximum Gasteiger partial charge on any atom is 0.0905 e. The molecule has 82 valence electrons. The van der Waals surface area contributed by atoms with Crippen LogP contribution in [0.2, 0.25) is 5.02 Å². The van der Waals surface area contributed by atoms with Gasteiger partial charge in [-0.25, -0.2) is 0 Å². The van der Waals surface area contributed by atoms with Crippen molar-refractivity contribution in [1.29, 1.82) is 5.41 Å². The van der Waals surface area contributed by atoms with Crippen molar-refractivity contribution >= 4 is 29.2 Å². The van der Waals surface area contributed by atoms with Crippen molar-refractivity contribution in [3.63, 3.8) is 0 Å². The molecule has 0 bridgehead atoms. The molecule has 0 aliphatic carbocycles. The summed E-state index contributed by atoms with van der Waals surface area (Å²) in [7, 11) is 0. The van der Waals surface area contributed by atoms with Crippen LogP contribution in [-0.2, 0) is 0 Å². The lowest BCUT2D eigenvalue weighted by Gasteiger charge is -2.03. The van der Waals surface area contributed by atoms with Gasteiger partial charge < -0.3 is 5.73 Å². The largest absolute Gasteiger partial charge is 0.388 e. The second-order valence-corrected chi connectivity index (χ2v) is 4.81. The van der Waals surface area contributed by atoms with Gasteiger partial charge in [0.05, 0.1) is 10.9 Å². The van der Waals surface area contributed by atoms with Gasteiger partial charge in [0.2, 0.25) is 0 Å². The zero-order chi connectivity index (χ0) is 11.1. The van der Waals surface area contributed by atoms with E-state index in [4.69, 9.17) is 22.7 Å². The molecule has 0 unspecified atom stereocenters. The fourth-order valence-electron chi connectivity index (χ4n) is 1.16. The number of thioether (sulfide) groups is 1. The Morgan fingerprint density at radius 2 is 2.07 bits per heavy atom. The van der Waals surface area contributed by atoms with Gasteiger partial charge in [-0.05, 0) is 30.7 Å². The minimum atomic E-state index is 0.276. The fourth-order valence-corrected chi connectivity index (χ4v) is 2.41. The molecule has 1 aromatic carbocycles. The van der Waals surface area contributed by atoms with Gasteiger partial charge in [-0.15, -0.1) is 11.8 Å². The average Bonchev–Trinajstić information content (AvgIpc) is 2.20. The first-order valence-corrected chi connectivity index (χ1v) is 6.26. The number of hydrogen-bond acceptors (Lipinski definition) is 2. The van der Waals surface area contributed by atoms with Gasteiger partial charge in [0.1, 0.15) is 0 Å². The standard InChI is InChI=1S/C11H15ClN2S/c12-9-5-1-2-6-10(9)15-8-4-3-7-11(13)14/h1-2,5-6H,3-4,7-8H2,(H3,13,14). The highest BCUT2D eigenvalue weighted by Crippen LogP contribution is 2.27. The monoisotopic (exact) mass is 242 g/mol. The predicted octanol–water partition coefficient (Wildman–Crippen LogP) is 3.54. The highest BCUT2D eigenvalue weighted by Gasteiger charge is 1.99. The van der Waals surface area contributed by atoms with Gasteiger partial charge in [-0.2, -0.15) is 0 Å². The number of halogens is 1. The molecule has 2 nitrogen and oxygen atoms in total. The second-order valence-electron chi connectivity index (χ2n) is 3.26. The van der Waals surface area contributed by atoms with Gasteiger partial charge in [0.25, 0.3) is 0 Å². The summed E-state index contributed by atoms with van der Waals surface area (Å²) >= 11 is 7.77. The van der Waals surface area contributed by atoms with Gasteiger partial charge in [-0.1, -0.05) is 23.7 Å². The molecule has 0 heterocycles. The van der Waals surface area contributed by atoms with Crippen molar-refractivity contribution in [1.82, 2.24) is 0 Å². The van der Waals surface area contributed by atoms with Gasteiger partial charge in [0.15, 0.2) is 0 Å². The molecule has 0 fully saturated rings.